The van der Waals surface area contributed by atoms with E-state index >= 15 is 0 Å². The Kier molecular flexibility index (Phi) is 4.55. The van der Waals surface area contributed by atoms with Gasteiger partial charge in [-0.05, 0) is 42.7 Å². The Bertz CT molecular complexity index is 1180. The molecule has 3 aromatic heterocycles. The van der Waals surface area contributed by atoms with Crippen LogP contribution in [0.5, 0.6) is 0 Å². The number of hydrogen-bond acceptors (Lipinski definition) is 7. The molecule has 0 aliphatic carbocycles. The van der Waals surface area contributed by atoms with Gasteiger partial charge < -0.3 is 20.2 Å². The molecule has 0 saturated carbocycles. The van der Waals surface area contributed by atoms with Gasteiger partial charge in [0.1, 0.15) is 29.5 Å². The number of benzene rings is 1. The molecule has 0 amide bonds. The Hall–Kier alpha value is -3.52. The van der Waals surface area contributed by atoms with E-state index < -0.39 is 0 Å². The van der Waals surface area contributed by atoms with Gasteiger partial charge in [0, 0.05) is 30.4 Å². The molecule has 5 rings (SSSR count). The molecular formula is C22H20FN5O2. The second-order valence-electron chi connectivity index (χ2n) is 7.38. The standard InChI is InChI=1S/C22H20FN5O2/c23-15-4-1-13(2-5-15)18-19-21(28-9-7-16(29)8-10-28)26-12-27-22(19)30-20(18)14-3-6-17(24)25-11-14/h1-6,11-12,16,29H,7-10H2,(H2,24,25). The van der Waals surface area contributed by atoms with Gasteiger partial charge in [-0.1, -0.05) is 12.1 Å². The van der Waals surface area contributed by atoms with Gasteiger partial charge in [-0.3, -0.25) is 0 Å². The highest BCUT2D eigenvalue weighted by atomic mass is 19.1. The lowest BCUT2D eigenvalue weighted by atomic mass is 9.99. The van der Waals surface area contributed by atoms with E-state index in [0.717, 1.165) is 27.9 Å². The molecule has 4 aromatic rings. The van der Waals surface area contributed by atoms with Gasteiger partial charge >= 0.3 is 0 Å². The van der Waals surface area contributed by atoms with Crippen molar-refractivity contribution in [1.29, 1.82) is 0 Å². The summed E-state index contributed by atoms with van der Waals surface area (Å²) in [7, 11) is 0. The average molecular weight is 405 g/mol. The summed E-state index contributed by atoms with van der Waals surface area (Å²) >= 11 is 0. The molecule has 30 heavy (non-hydrogen) atoms. The summed E-state index contributed by atoms with van der Waals surface area (Å²) in [5.74, 6) is 1.40. The predicted molar refractivity (Wildman–Crippen MR) is 112 cm³/mol. The molecule has 4 heterocycles. The molecule has 0 atom stereocenters. The van der Waals surface area contributed by atoms with Gasteiger partial charge in [0.25, 0.3) is 0 Å². The number of nitrogens with zero attached hydrogens (tertiary/aromatic N) is 4. The second kappa shape index (κ2) is 7.38. The van der Waals surface area contributed by atoms with Gasteiger partial charge in [0.05, 0.1) is 11.5 Å². The summed E-state index contributed by atoms with van der Waals surface area (Å²) in [5.41, 5.74) is 8.49. The minimum atomic E-state index is -0.316. The van der Waals surface area contributed by atoms with Crippen molar-refractivity contribution in [3.05, 3.63) is 54.7 Å². The molecule has 1 aliphatic heterocycles. The van der Waals surface area contributed by atoms with Gasteiger partial charge in [-0.25, -0.2) is 19.3 Å². The Labute approximate surface area is 172 Å². The average Bonchev–Trinajstić information content (AvgIpc) is 3.15. The summed E-state index contributed by atoms with van der Waals surface area (Å²) in [6, 6.07) is 9.79. The lowest BCUT2D eigenvalue weighted by Gasteiger charge is -2.30. The Morgan fingerprint density at radius 3 is 2.43 bits per heavy atom. The van der Waals surface area contributed by atoms with Crippen LogP contribution in [0, 0.1) is 5.82 Å². The van der Waals surface area contributed by atoms with Crippen molar-refractivity contribution in [3.8, 4) is 22.5 Å². The number of rotatable bonds is 3. The maximum Gasteiger partial charge on any atom is 0.232 e. The van der Waals surface area contributed by atoms with E-state index in [4.69, 9.17) is 10.2 Å². The van der Waals surface area contributed by atoms with Crippen LogP contribution in [0.3, 0.4) is 0 Å². The number of halogens is 1. The fourth-order valence-electron chi connectivity index (χ4n) is 3.87. The molecule has 0 spiro atoms. The van der Waals surface area contributed by atoms with Crippen molar-refractivity contribution in [2.45, 2.75) is 18.9 Å². The van der Waals surface area contributed by atoms with E-state index in [1.54, 1.807) is 24.4 Å². The Balaban J connectivity index is 1.75. The molecule has 0 bridgehead atoms. The van der Waals surface area contributed by atoms with Gasteiger partial charge in [-0.2, -0.15) is 0 Å². The smallest absolute Gasteiger partial charge is 0.232 e. The Morgan fingerprint density at radius 2 is 1.73 bits per heavy atom. The number of aromatic nitrogens is 3. The number of hydrogen-bond donors (Lipinski definition) is 2. The van der Waals surface area contributed by atoms with Crippen LogP contribution in [0.1, 0.15) is 12.8 Å². The lowest BCUT2D eigenvalue weighted by Crippen LogP contribution is -2.36. The number of nitrogens with two attached hydrogens (primary N) is 1. The zero-order valence-corrected chi connectivity index (χ0v) is 16.1. The zero-order valence-electron chi connectivity index (χ0n) is 16.1. The first-order valence-corrected chi connectivity index (χ1v) is 9.78. The van der Waals surface area contributed by atoms with E-state index in [2.05, 4.69) is 19.9 Å². The quantitative estimate of drug-likeness (QED) is 0.537. The fourth-order valence-corrected chi connectivity index (χ4v) is 3.87. The topological polar surface area (TPSA) is 101 Å². The predicted octanol–water partition coefficient (Wildman–Crippen LogP) is 3.63. The summed E-state index contributed by atoms with van der Waals surface area (Å²) in [6.45, 7) is 1.36. The van der Waals surface area contributed by atoms with Gasteiger partial charge in [0.15, 0.2) is 0 Å². The van der Waals surface area contributed by atoms with Crippen LogP contribution in [0.4, 0.5) is 16.0 Å². The number of furan rings is 1. The molecule has 152 valence electrons. The highest BCUT2D eigenvalue weighted by Crippen LogP contribution is 2.43. The molecule has 3 N–H and O–H groups in total. The van der Waals surface area contributed by atoms with Crippen LogP contribution in [0.25, 0.3) is 33.6 Å². The fraction of sp³-hybridized carbons (Fsp3) is 0.227. The third-order valence-electron chi connectivity index (χ3n) is 5.41. The maximum atomic E-state index is 13.6. The van der Waals surface area contributed by atoms with E-state index in [9.17, 15) is 9.50 Å². The third-order valence-corrected chi connectivity index (χ3v) is 5.41. The molecule has 7 nitrogen and oxygen atoms in total. The SMILES string of the molecule is Nc1ccc(-c2oc3ncnc(N4CCC(O)CC4)c3c2-c2ccc(F)cc2)cn1. The second-order valence-corrected chi connectivity index (χ2v) is 7.38. The van der Waals surface area contributed by atoms with E-state index in [0.29, 0.717) is 43.2 Å². The van der Waals surface area contributed by atoms with Gasteiger partial charge in [0.2, 0.25) is 5.71 Å². The van der Waals surface area contributed by atoms with Crippen molar-refractivity contribution < 1.29 is 13.9 Å². The largest absolute Gasteiger partial charge is 0.437 e. The summed E-state index contributed by atoms with van der Waals surface area (Å²) in [5, 5.41) is 10.6. The van der Waals surface area contributed by atoms with Crippen LogP contribution in [0.2, 0.25) is 0 Å². The number of anilines is 2. The van der Waals surface area contributed by atoms with Crippen LogP contribution in [-0.2, 0) is 0 Å². The monoisotopic (exact) mass is 405 g/mol. The van der Waals surface area contributed by atoms with E-state index in [1.807, 2.05) is 6.07 Å². The summed E-state index contributed by atoms with van der Waals surface area (Å²) < 4.78 is 19.8. The first-order chi connectivity index (χ1) is 14.6. The van der Waals surface area contributed by atoms with Crippen LogP contribution < -0.4 is 10.6 Å². The summed E-state index contributed by atoms with van der Waals surface area (Å²) in [6.07, 6.45) is 4.17. The lowest BCUT2D eigenvalue weighted by molar-refractivity contribution is 0.145. The van der Waals surface area contributed by atoms with Crippen molar-refractivity contribution in [3.63, 3.8) is 0 Å². The normalized spacial score (nSPS) is 15.1. The molecule has 1 aromatic carbocycles. The van der Waals surface area contributed by atoms with Crippen LogP contribution >= 0.6 is 0 Å². The highest BCUT2D eigenvalue weighted by molar-refractivity contribution is 6.06. The minimum Gasteiger partial charge on any atom is -0.437 e. The number of pyridine rings is 1. The van der Waals surface area contributed by atoms with Crippen molar-refractivity contribution in [1.82, 2.24) is 15.0 Å². The summed E-state index contributed by atoms with van der Waals surface area (Å²) in [4.78, 5) is 15.2. The van der Waals surface area contributed by atoms with E-state index in [-0.39, 0.29) is 11.9 Å². The number of aliphatic hydroxyl groups is 1. The Morgan fingerprint density at radius 1 is 1.00 bits per heavy atom. The van der Waals surface area contributed by atoms with Crippen molar-refractivity contribution in [2.24, 2.45) is 0 Å². The molecule has 0 radical (unpaired) electrons. The zero-order chi connectivity index (χ0) is 20.7. The number of nitrogen functional groups attached to an aromatic ring is 1. The van der Waals surface area contributed by atoms with Crippen molar-refractivity contribution >= 4 is 22.7 Å². The molecule has 8 heteroatoms. The number of aliphatic hydroxyl groups excluding tert-OH is 1. The van der Waals surface area contributed by atoms with Gasteiger partial charge in [-0.15, -0.1) is 0 Å². The first kappa shape index (κ1) is 18.5. The number of fused-ring (bicyclic) bond motifs is 1. The highest BCUT2D eigenvalue weighted by Gasteiger charge is 2.26. The first-order valence-electron chi connectivity index (χ1n) is 9.78. The molecule has 1 fully saturated rings. The molecular weight excluding hydrogens is 385 g/mol. The molecule has 1 saturated heterocycles. The van der Waals surface area contributed by atoms with E-state index in [1.165, 1.54) is 18.5 Å². The molecule has 0 unspecified atom stereocenters. The van der Waals surface area contributed by atoms with Crippen LogP contribution in [0.15, 0.2) is 53.3 Å². The maximum absolute atomic E-state index is 13.6. The van der Waals surface area contributed by atoms with Crippen molar-refractivity contribution in [2.75, 3.05) is 23.7 Å². The number of piperidine rings is 1. The minimum absolute atomic E-state index is 0.295. The van der Waals surface area contributed by atoms with Crippen LogP contribution in [-0.4, -0.2) is 39.3 Å². The third kappa shape index (κ3) is 3.25. The molecule has 1 aliphatic rings.